The van der Waals surface area contributed by atoms with Crippen LogP contribution in [0.1, 0.15) is 63.8 Å². The molecule has 0 spiro atoms. The van der Waals surface area contributed by atoms with Crippen molar-refractivity contribution in [1.82, 2.24) is 0 Å². The Morgan fingerprint density at radius 2 is 1.00 bits per heavy atom. The lowest BCUT2D eigenvalue weighted by Crippen LogP contribution is -2.59. The molecular formula is C29H46Cl4O5Si2. The fraction of sp³-hybridized carbons (Fsp3) is 0.586. The van der Waals surface area contributed by atoms with Gasteiger partial charge in [0.2, 0.25) is 0 Å². The van der Waals surface area contributed by atoms with E-state index >= 15 is 0 Å². The third-order valence-electron chi connectivity index (χ3n) is 6.25. The monoisotopic (exact) mass is 670 g/mol. The SMILES string of the molecule is CCO[Si](C)(OCC)C(Cl)Cc1ccc(CCl)cc1.CCO[Si](OCC)(OCC)C(C)(Cl)c1ccc(CCl)cc1. The number of rotatable bonds is 17. The Bertz CT molecular complexity index is 925. The zero-order valence-corrected chi connectivity index (χ0v) is 29.9. The second-order valence-electron chi connectivity index (χ2n) is 9.19. The van der Waals surface area contributed by atoms with Crippen molar-refractivity contribution < 1.29 is 22.1 Å². The minimum atomic E-state index is -3.06. The van der Waals surface area contributed by atoms with Crippen LogP contribution in [-0.2, 0) is 44.8 Å². The van der Waals surface area contributed by atoms with Crippen LogP contribution < -0.4 is 0 Å². The number of hydrogen-bond acceptors (Lipinski definition) is 5. The fourth-order valence-electron chi connectivity index (χ4n) is 4.14. The molecule has 0 fully saturated rings. The predicted octanol–water partition coefficient (Wildman–Crippen LogP) is 8.73. The molecule has 5 nitrogen and oxygen atoms in total. The van der Waals surface area contributed by atoms with Crippen LogP contribution in [0.2, 0.25) is 6.55 Å². The molecule has 2 atom stereocenters. The average molecular weight is 673 g/mol. The summed E-state index contributed by atoms with van der Waals surface area (Å²) >= 11 is 25.0. The van der Waals surface area contributed by atoms with Crippen molar-refractivity contribution >= 4 is 63.8 Å². The second-order valence-corrected chi connectivity index (χ2v) is 18.0. The van der Waals surface area contributed by atoms with Crippen LogP contribution in [0.25, 0.3) is 0 Å². The molecule has 0 aliphatic carbocycles. The van der Waals surface area contributed by atoms with E-state index in [1.54, 1.807) is 0 Å². The quantitative estimate of drug-likeness (QED) is 0.124. The molecule has 2 rings (SSSR count). The molecular weight excluding hydrogens is 626 g/mol. The molecule has 11 heteroatoms. The molecule has 2 unspecified atom stereocenters. The minimum Gasteiger partial charge on any atom is -0.394 e. The third-order valence-corrected chi connectivity index (χ3v) is 15.6. The van der Waals surface area contributed by atoms with Crippen molar-refractivity contribution in [3.05, 3.63) is 70.8 Å². The highest BCUT2D eigenvalue weighted by molar-refractivity contribution is 6.75. The van der Waals surface area contributed by atoms with Crippen molar-refractivity contribution in [2.75, 3.05) is 33.0 Å². The molecule has 40 heavy (non-hydrogen) atoms. The van der Waals surface area contributed by atoms with E-state index in [4.69, 9.17) is 68.5 Å². The minimum absolute atomic E-state index is 0.103. The summed E-state index contributed by atoms with van der Waals surface area (Å²) in [7, 11) is -5.38. The van der Waals surface area contributed by atoms with E-state index in [0.29, 0.717) is 44.8 Å². The Kier molecular flexibility index (Phi) is 18.2. The maximum Gasteiger partial charge on any atom is 0.527 e. The van der Waals surface area contributed by atoms with Gasteiger partial charge in [-0.1, -0.05) is 48.5 Å². The standard InChI is InChI=1S/C15H24Cl2O3Si.C14H22Cl2O2Si/c1-5-18-21(19-6-2,20-7-3)15(4,17)14-10-8-13(12-16)9-11-14;1-4-17-19(3,18-5-2)14(16)10-12-6-8-13(11-15)9-7-12/h8-11H,5-7,12H2,1-4H3;6-9,14H,4-5,10-11H2,1-3H3. The first-order valence-electron chi connectivity index (χ1n) is 13.8. The van der Waals surface area contributed by atoms with Crippen molar-refractivity contribution in [3.8, 4) is 0 Å². The van der Waals surface area contributed by atoms with Crippen LogP contribution in [0.5, 0.6) is 0 Å². The van der Waals surface area contributed by atoms with E-state index in [2.05, 4.69) is 12.1 Å². The van der Waals surface area contributed by atoms with Gasteiger partial charge in [0.05, 0.1) is 5.00 Å². The first-order valence-corrected chi connectivity index (χ1v) is 19.8. The fourth-order valence-corrected chi connectivity index (χ4v) is 10.6. The van der Waals surface area contributed by atoms with E-state index in [-0.39, 0.29) is 5.00 Å². The Morgan fingerprint density at radius 3 is 1.35 bits per heavy atom. The number of halogens is 4. The molecule has 0 heterocycles. The highest BCUT2D eigenvalue weighted by Gasteiger charge is 2.58. The lowest BCUT2D eigenvalue weighted by Gasteiger charge is -2.39. The molecule has 0 N–H and O–H groups in total. The Hall–Kier alpha value is -0.166. The average Bonchev–Trinajstić information content (AvgIpc) is 2.94. The van der Waals surface area contributed by atoms with Crippen molar-refractivity contribution in [3.63, 3.8) is 0 Å². The van der Waals surface area contributed by atoms with Gasteiger partial charge < -0.3 is 22.1 Å². The van der Waals surface area contributed by atoms with Crippen LogP contribution in [0, 0.1) is 0 Å². The van der Waals surface area contributed by atoms with E-state index in [0.717, 1.165) is 23.1 Å². The summed E-state index contributed by atoms with van der Waals surface area (Å²) in [5.41, 5.74) is 4.27. The summed E-state index contributed by atoms with van der Waals surface area (Å²) in [6.07, 6.45) is 0.757. The largest absolute Gasteiger partial charge is 0.527 e. The van der Waals surface area contributed by atoms with Gasteiger partial charge in [-0.25, -0.2) is 0 Å². The predicted molar refractivity (Wildman–Crippen MR) is 174 cm³/mol. The van der Waals surface area contributed by atoms with Gasteiger partial charge in [-0.3, -0.25) is 0 Å². The lowest BCUT2D eigenvalue weighted by atomic mass is 10.1. The molecule has 228 valence electrons. The van der Waals surface area contributed by atoms with Gasteiger partial charge in [-0.05, 0) is 76.8 Å². The number of benzene rings is 2. The summed E-state index contributed by atoms with van der Waals surface area (Å²) < 4.78 is 28.5. The van der Waals surface area contributed by atoms with Crippen molar-refractivity contribution in [1.29, 1.82) is 0 Å². The molecule has 0 saturated carbocycles. The Balaban J connectivity index is 0.000000402. The molecule has 0 amide bonds. The lowest BCUT2D eigenvalue weighted by molar-refractivity contribution is 0.0581. The van der Waals surface area contributed by atoms with E-state index < -0.39 is 21.9 Å². The summed E-state index contributed by atoms with van der Waals surface area (Å²) in [4.78, 5) is 0. The zero-order valence-electron chi connectivity index (χ0n) is 24.9. The van der Waals surface area contributed by atoms with Gasteiger partial charge in [-0.15, -0.1) is 46.4 Å². The Morgan fingerprint density at radius 1 is 0.650 bits per heavy atom. The van der Waals surface area contributed by atoms with Crippen LogP contribution in [0.15, 0.2) is 48.5 Å². The second kappa shape index (κ2) is 19.2. The summed E-state index contributed by atoms with van der Waals surface area (Å²) in [6.45, 7) is 16.4. The molecule has 0 aliphatic rings. The molecule has 0 bridgehead atoms. The first kappa shape index (κ1) is 37.9. The van der Waals surface area contributed by atoms with Crippen LogP contribution >= 0.6 is 46.4 Å². The molecule has 2 aromatic rings. The Labute approximate surface area is 264 Å². The van der Waals surface area contributed by atoms with E-state index in [9.17, 15) is 0 Å². The smallest absolute Gasteiger partial charge is 0.394 e. The van der Waals surface area contributed by atoms with Gasteiger partial charge >= 0.3 is 17.4 Å². The van der Waals surface area contributed by atoms with Crippen LogP contribution in [0.4, 0.5) is 0 Å². The molecule has 0 aromatic heterocycles. The molecule has 0 radical (unpaired) electrons. The van der Waals surface area contributed by atoms with Crippen molar-refractivity contribution in [2.45, 2.75) is 75.8 Å². The summed E-state index contributed by atoms with van der Waals surface area (Å²) in [6, 6.07) is 16.1. The van der Waals surface area contributed by atoms with Crippen LogP contribution in [-0.4, -0.2) is 55.4 Å². The summed E-state index contributed by atoms with van der Waals surface area (Å²) in [5, 5.41) is -0.103. The maximum absolute atomic E-state index is 6.87. The van der Waals surface area contributed by atoms with Crippen molar-refractivity contribution in [2.24, 2.45) is 0 Å². The highest BCUT2D eigenvalue weighted by atomic mass is 35.5. The topological polar surface area (TPSA) is 46.2 Å². The number of hydrogen-bond donors (Lipinski definition) is 0. The zero-order chi connectivity index (χ0) is 30.2. The molecule has 2 aromatic carbocycles. The van der Waals surface area contributed by atoms with Crippen LogP contribution in [0.3, 0.4) is 0 Å². The summed E-state index contributed by atoms with van der Waals surface area (Å²) in [5.74, 6) is 1.01. The molecule has 0 saturated heterocycles. The molecule has 0 aliphatic heterocycles. The third kappa shape index (κ3) is 10.8. The van der Waals surface area contributed by atoms with E-state index in [1.807, 2.05) is 84.5 Å². The van der Waals surface area contributed by atoms with Gasteiger partial charge in [-0.2, -0.15) is 0 Å². The number of alkyl halides is 4. The highest BCUT2D eigenvalue weighted by Crippen LogP contribution is 2.40. The first-order chi connectivity index (χ1) is 19.0. The van der Waals surface area contributed by atoms with Gasteiger partial charge in [0, 0.05) is 44.8 Å². The van der Waals surface area contributed by atoms with Gasteiger partial charge in [0.15, 0.2) is 0 Å². The van der Waals surface area contributed by atoms with E-state index in [1.165, 1.54) is 5.56 Å². The maximum atomic E-state index is 6.87. The van der Waals surface area contributed by atoms with Gasteiger partial charge in [0.25, 0.3) is 0 Å². The van der Waals surface area contributed by atoms with Gasteiger partial charge in [0.1, 0.15) is 4.50 Å². The normalized spacial score (nSPS) is 14.3.